The lowest BCUT2D eigenvalue weighted by atomic mass is 10.0. The molecule has 1 atom stereocenters. The van der Waals surface area contributed by atoms with Gasteiger partial charge in [0.2, 0.25) is 0 Å². The number of alkyl halides is 2. The van der Waals surface area contributed by atoms with E-state index in [-0.39, 0.29) is 5.75 Å². The van der Waals surface area contributed by atoms with E-state index in [9.17, 15) is 8.78 Å². The van der Waals surface area contributed by atoms with Crippen molar-refractivity contribution in [1.29, 1.82) is 0 Å². The fourth-order valence-corrected chi connectivity index (χ4v) is 3.65. The first-order valence-electron chi connectivity index (χ1n) is 8.62. The summed E-state index contributed by atoms with van der Waals surface area (Å²) >= 11 is 0. The highest BCUT2D eigenvalue weighted by Crippen LogP contribution is 2.24. The maximum absolute atomic E-state index is 12.2. The molecule has 0 aromatic carbocycles. The molecule has 23 heavy (non-hydrogen) atoms. The van der Waals surface area contributed by atoms with Gasteiger partial charge in [0.1, 0.15) is 11.6 Å². The fourth-order valence-electron chi connectivity index (χ4n) is 3.65. The van der Waals surface area contributed by atoms with Crippen LogP contribution >= 0.6 is 0 Å². The zero-order chi connectivity index (χ0) is 16.1. The van der Waals surface area contributed by atoms with Crippen molar-refractivity contribution in [2.75, 3.05) is 31.1 Å². The van der Waals surface area contributed by atoms with Crippen molar-refractivity contribution in [2.45, 2.75) is 51.2 Å². The highest BCUT2D eigenvalue weighted by molar-refractivity contribution is 5.41. The van der Waals surface area contributed by atoms with Crippen molar-refractivity contribution in [2.24, 2.45) is 0 Å². The zero-order valence-corrected chi connectivity index (χ0v) is 13.5. The highest BCUT2D eigenvalue weighted by Gasteiger charge is 2.26. The van der Waals surface area contributed by atoms with Crippen LogP contribution < -0.4 is 9.64 Å². The first-order chi connectivity index (χ1) is 11.2. The number of likely N-dealkylation sites (tertiary alicyclic amines) is 1. The van der Waals surface area contributed by atoms with Crippen LogP contribution in [0, 0.1) is 0 Å². The summed E-state index contributed by atoms with van der Waals surface area (Å²) in [5.74, 6) is 0.968. The van der Waals surface area contributed by atoms with Gasteiger partial charge in [-0.25, -0.2) is 4.98 Å². The van der Waals surface area contributed by atoms with Gasteiger partial charge in [-0.15, -0.1) is 0 Å². The molecule has 0 spiro atoms. The number of anilines is 1. The van der Waals surface area contributed by atoms with Crippen molar-refractivity contribution < 1.29 is 13.5 Å². The Morgan fingerprint density at radius 2 is 1.83 bits per heavy atom. The summed E-state index contributed by atoms with van der Waals surface area (Å²) in [6.45, 7) is 1.55. The molecule has 128 valence electrons. The van der Waals surface area contributed by atoms with Crippen LogP contribution in [0.25, 0.3) is 0 Å². The zero-order valence-electron chi connectivity index (χ0n) is 13.5. The molecular weight excluding hydrogens is 300 g/mol. The van der Waals surface area contributed by atoms with Crippen molar-refractivity contribution in [1.82, 2.24) is 9.88 Å². The van der Waals surface area contributed by atoms with Gasteiger partial charge in [0.15, 0.2) is 0 Å². The Bertz CT molecular complexity index is 475. The fraction of sp³-hybridized carbons (Fsp3) is 0.706. The van der Waals surface area contributed by atoms with Crippen LogP contribution in [0.1, 0.15) is 38.5 Å². The van der Waals surface area contributed by atoms with Gasteiger partial charge in [-0.3, -0.25) is 4.90 Å². The van der Waals surface area contributed by atoms with Crippen LogP contribution in [0.5, 0.6) is 5.75 Å². The molecule has 0 saturated carbocycles. The predicted octanol–water partition coefficient (Wildman–Crippen LogP) is 3.53. The lowest BCUT2D eigenvalue weighted by molar-refractivity contribution is -0.0500. The number of hydrogen-bond acceptors (Lipinski definition) is 4. The van der Waals surface area contributed by atoms with Gasteiger partial charge in [-0.05, 0) is 50.9 Å². The number of ether oxygens (including phenoxy) is 1. The van der Waals surface area contributed by atoms with Crippen LogP contribution in [0.15, 0.2) is 18.3 Å². The van der Waals surface area contributed by atoms with Gasteiger partial charge >= 0.3 is 6.61 Å². The molecule has 2 saturated heterocycles. The molecule has 1 aromatic heterocycles. The Labute approximate surface area is 136 Å². The molecule has 2 aliphatic rings. The molecule has 6 heteroatoms. The SMILES string of the molecule is FC(F)Oc1ccc(N2CCCC(N3CCCCCC3)C2)nc1. The summed E-state index contributed by atoms with van der Waals surface area (Å²) in [6, 6.07) is 3.94. The molecule has 2 fully saturated rings. The van der Waals surface area contributed by atoms with E-state index in [0.29, 0.717) is 6.04 Å². The average molecular weight is 325 g/mol. The van der Waals surface area contributed by atoms with E-state index >= 15 is 0 Å². The number of rotatable bonds is 4. The second-order valence-electron chi connectivity index (χ2n) is 6.42. The van der Waals surface area contributed by atoms with Gasteiger partial charge in [0, 0.05) is 19.1 Å². The lowest BCUT2D eigenvalue weighted by Crippen LogP contribution is -2.48. The van der Waals surface area contributed by atoms with E-state index in [2.05, 4.69) is 19.5 Å². The van der Waals surface area contributed by atoms with Crippen LogP contribution in [0.3, 0.4) is 0 Å². The maximum Gasteiger partial charge on any atom is 0.387 e. The predicted molar refractivity (Wildman–Crippen MR) is 86.1 cm³/mol. The summed E-state index contributed by atoms with van der Waals surface area (Å²) < 4.78 is 28.8. The molecule has 0 aliphatic carbocycles. The summed E-state index contributed by atoms with van der Waals surface area (Å²) in [5, 5.41) is 0. The Hall–Kier alpha value is -1.43. The monoisotopic (exact) mass is 325 g/mol. The molecule has 0 N–H and O–H groups in total. The second-order valence-corrected chi connectivity index (χ2v) is 6.42. The summed E-state index contributed by atoms with van der Waals surface area (Å²) in [7, 11) is 0. The minimum atomic E-state index is -2.80. The number of hydrogen-bond donors (Lipinski definition) is 0. The standard InChI is InChI=1S/C17H25F2N3O/c18-17(19)23-15-7-8-16(20-12-15)22-11-5-6-14(13-22)21-9-3-1-2-4-10-21/h7-8,12,14,17H,1-6,9-11,13H2. The number of halogens is 2. The Morgan fingerprint density at radius 3 is 2.48 bits per heavy atom. The molecule has 0 amide bonds. The summed E-state index contributed by atoms with van der Waals surface area (Å²) in [5.41, 5.74) is 0. The molecule has 3 rings (SSSR count). The van der Waals surface area contributed by atoms with E-state index in [1.165, 1.54) is 51.4 Å². The lowest BCUT2D eigenvalue weighted by Gasteiger charge is -2.39. The van der Waals surface area contributed by atoms with Crippen LogP contribution in [-0.4, -0.2) is 48.7 Å². The first kappa shape index (κ1) is 16.4. The molecule has 4 nitrogen and oxygen atoms in total. The largest absolute Gasteiger partial charge is 0.433 e. The van der Waals surface area contributed by atoms with E-state index in [1.54, 1.807) is 12.1 Å². The normalized spacial score (nSPS) is 23.8. The van der Waals surface area contributed by atoms with E-state index in [1.807, 2.05) is 0 Å². The van der Waals surface area contributed by atoms with Crippen LogP contribution in [0.4, 0.5) is 14.6 Å². The molecule has 2 aliphatic heterocycles. The number of piperidine rings is 1. The van der Waals surface area contributed by atoms with Gasteiger partial charge < -0.3 is 9.64 Å². The molecule has 0 bridgehead atoms. The first-order valence-corrected chi connectivity index (χ1v) is 8.62. The summed E-state index contributed by atoms with van der Waals surface area (Å²) in [6.07, 6.45) is 9.07. The Balaban J connectivity index is 1.61. The van der Waals surface area contributed by atoms with Gasteiger partial charge in [-0.1, -0.05) is 12.8 Å². The minimum absolute atomic E-state index is 0.116. The average Bonchev–Trinajstić information content (AvgIpc) is 2.84. The molecular formula is C17H25F2N3O. The van der Waals surface area contributed by atoms with Gasteiger partial charge in [0.05, 0.1) is 6.20 Å². The van der Waals surface area contributed by atoms with Gasteiger partial charge in [-0.2, -0.15) is 8.78 Å². The van der Waals surface area contributed by atoms with E-state index in [4.69, 9.17) is 0 Å². The molecule has 1 unspecified atom stereocenters. The third-order valence-electron chi connectivity index (χ3n) is 4.82. The molecule has 1 aromatic rings. The van der Waals surface area contributed by atoms with Crippen LogP contribution in [0.2, 0.25) is 0 Å². The smallest absolute Gasteiger partial charge is 0.387 e. The number of pyridine rings is 1. The number of aromatic nitrogens is 1. The van der Waals surface area contributed by atoms with E-state index in [0.717, 1.165) is 25.3 Å². The number of nitrogens with zero attached hydrogens (tertiary/aromatic N) is 3. The molecule has 3 heterocycles. The molecule has 0 radical (unpaired) electrons. The quantitative estimate of drug-likeness (QED) is 0.847. The Morgan fingerprint density at radius 1 is 1.04 bits per heavy atom. The van der Waals surface area contributed by atoms with Crippen LogP contribution in [-0.2, 0) is 0 Å². The Kier molecular flexibility index (Phi) is 5.65. The third kappa shape index (κ3) is 4.53. The van der Waals surface area contributed by atoms with Crippen molar-refractivity contribution in [3.8, 4) is 5.75 Å². The summed E-state index contributed by atoms with van der Waals surface area (Å²) in [4.78, 5) is 9.20. The third-order valence-corrected chi connectivity index (χ3v) is 4.82. The van der Waals surface area contributed by atoms with Crippen molar-refractivity contribution >= 4 is 5.82 Å². The minimum Gasteiger partial charge on any atom is -0.433 e. The van der Waals surface area contributed by atoms with Crippen molar-refractivity contribution in [3.05, 3.63) is 18.3 Å². The second kappa shape index (κ2) is 7.90. The van der Waals surface area contributed by atoms with E-state index < -0.39 is 6.61 Å². The maximum atomic E-state index is 12.2. The van der Waals surface area contributed by atoms with Gasteiger partial charge in [0.25, 0.3) is 0 Å². The van der Waals surface area contributed by atoms with Crippen molar-refractivity contribution in [3.63, 3.8) is 0 Å². The topological polar surface area (TPSA) is 28.6 Å². The highest BCUT2D eigenvalue weighted by atomic mass is 19.3.